The number of guanidine groups is 1. The van der Waals surface area contributed by atoms with Crippen LogP contribution in [-0.2, 0) is 4.74 Å². The van der Waals surface area contributed by atoms with Crippen LogP contribution in [0, 0.1) is 11.3 Å². The Morgan fingerprint density at radius 3 is 2.88 bits per heavy atom. The molecule has 146 valence electrons. The molecule has 2 fully saturated rings. The number of hydrogen-bond donors (Lipinski definition) is 3. The average molecular weight is 355 g/mol. The predicted octanol–water partition coefficient (Wildman–Crippen LogP) is 1.45. The van der Waals surface area contributed by atoms with Crippen molar-refractivity contribution in [2.45, 2.75) is 52.5 Å². The standard InChI is InChI=1S/C19H38N4O2/c1-4-20-18(22-14-19(7-10-24)8-11-25-15-19)21-12-17-6-5-9-23(17)13-16(2)3/h16-17,24H,4-15H2,1-3H3,(H2,20,21,22)/t17-,19?/m1/s1. The molecular weight excluding hydrogens is 316 g/mol. The first-order valence-electron chi connectivity index (χ1n) is 10.0. The summed E-state index contributed by atoms with van der Waals surface area (Å²) in [4.78, 5) is 7.43. The highest BCUT2D eigenvalue weighted by atomic mass is 16.5. The molecule has 2 atom stereocenters. The van der Waals surface area contributed by atoms with Crippen LogP contribution in [0.25, 0.3) is 0 Å². The lowest BCUT2D eigenvalue weighted by Crippen LogP contribution is -2.46. The van der Waals surface area contributed by atoms with Crippen LogP contribution in [-0.4, -0.2) is 74.6 Å². The van der Waals surface area contributed by atoms with Crippen molar-refractivity contribution >= 4 is 5.96 Å². The van der Waals surface area contributed by atoms with E-state index in [1.54, 1.807) is 0 Å². The molecule has 6 heteroatoms. The number of likely N-dealkylation sites (tertiary alicyclic amines) is 1. The molecule has 3 N–H and O–H groups in total. The minimum atomic E-state index is 0.00807. The van der Waals surface area contributed by atoms with E-state index >= 15 is 0 Å². The number of aliphatic hydroxyl groups is 1. The molecule has 0 aromatic rings. The molecule has 0 radical (unpaired) electrons. The molecule has 25 heavy (non-hydrogen) atoms. The van der Waals surface area contributed by atoms with Crippen LogP contribution < -0.4 is 10.6 Å². The summed E-state index contributed by atoms with van der Waals surface area (Å²) in [6, 6.07) is 0.604. The van der Waals surface area contributed by atoms with Crippen LogP contribution in [0.15, 0.2) is 4.99 Å². The van der Waals surface area contributed by atoms with E-state index in [4.69, 9.17) is 9.73 Å². The summed E-state index contributed by atoms with van der Waals surface area (Å²) in [5.74, 6) is 1.60. The lowest BCUT2D eigenvalue weighted by atomic mass is 9.84. The minimum absolute atomic E-state index is 0.00807. The molecule has 2 heterocycles. The maximum atomic E-state index is 9.37. The van der Waals surface area contributed by atoms with Crippen molar-refractivity contribution in [3.05, 3.63) is 0 Å². The fourth-order valence-electron chi connectivity index (χ4n) is 3.93. The molecule has 2 aliphatic rings. The molecule has 2 rings (SSSR count). The molecular formula is C19H38N4O2. The normalized spacial score (nSPS) is 28.0. The molecule has 2 aliphatic heterocycles. The van der Waals surface area contributed by atoms with Crippen molar-refractivity contribution in [2.75, 3.05) is 52.5 Å². The number of aliphatic imine (C=N–C) groups is 1. The highest BCUT2D eigenvalue weighted by molar-refractivity contribution is 5.79. The lowest BCUT2D eigenvalue weighted by Gasteiger charge is -2.28. The van der Waals surface area contributed by atoms with Gasteiger partial charge in [0.1, 0.15) is 0 Å². The van der Waals surface area contributed by atoms with Crippen molar-refractivity contribution in [3.8, 4) is 0 Å². The Kier molecular flexibility index (Phi) is 8.46. The molecule has 0 aliphatic carbocycles. The van der Waals surface area contributed by atoms with E-state index in [-0.39, 0.29) is 12.0 Å². The van der Waals surface area contributed by atoms with Gasteiger partial charge in [-0.3, -0.25) is 9.89 Å². The van der Waals surface area contributed by atoms with E-state index in [1.807, 2.05) is 0 Å². The summed E-state index contributed by atoms with van der Waals surface area (Å²) in [5.41, 5.74) is 0.00807. The Bertz CT molecular complexity index is 408. The third-order valence-corrected chi connectivity index (χ3v) is 5.35. The molecule has 0 aromatic carbocycles. The van der Waals surface area contributed by atoms with E-state index < -0.39 is 0 Å². The Balaban J connectivity index is 1.88. The summed E-state index contributed by atoms with van der Waals surface area (Å²) in [6.07, 6.45) is 4.31. The molecule has 0 saturated carbocycles. The van der Waals surface area contributed by atoms with Crippen molar-refractivity contribution in [2.24, 2.45) is 16.3 Å². The fraction of sp³-hybridized carbons (Fsp3) is 0.947. The smallest absolute Gasteiger partial charge is 0.191 e. The Hall–Kier alpha value is -0.850. The first kappa shape index (κ1) is 20.5. The molecule has 1 unspecified atom stereocenters. The molecule has 0 spiro atoms. The van der Waals surface area contributed by atoms with Gasteiger partial charge in [-0.05, 0) is 45.1 Å². The topological polar surface area (TPSA) is 69.1 Å². The number of nitrogens with zero attached hydrogens (tertiary/aromatic N) is 2. The molecule has 0 aromatic heterocycles. The zero-order valence-corrected chi connectivity index (χ0v) is 16.4. The zero-order valence-electron chi connectivity index (χ0n) is 16.4. The average Bonchev–Trinajstić information content (AvgIpc) is 3.20. The van der Waals surface area contributed by atoms with Crippen LogP contribution in [0.3, 0.4) is 0 Å². The van der Waals surface area contributed by atoms with Gasteiger partial charge in [0, 0.05) is 44.3 Å². The maximum Gasteiger partial charge on any atom is 0.191 e. The Morgan fingerprint density at radius 2 is 2.24 bits per heavy atom. The van der Waals surface area contributed by atoms with Gasteiger partial charge < -0.3 is 20.5 Å². The summed E-state index contributed by atoms with van der Waals surface area (Å²) in [5, 5.41) is 16.3. The quantitative estimate of drug-likeness (QED) is 0.432. The van der Waals surface area contributed by atoms with Crippen molar-refractivity contribution in [1.29, 1.82) is 0 Å². The highest BCUT2D eigenvalue weighted by Gasteiger charge is 2.34. The van der Waals surface area contributed by atoms with E-state index in [0.29, 0.717) is 25.1 Å². The zero-order chi connectivity index (χ0) is 18.1. The van der Waals surface area contributed by atoms with E-state index in [1.165, 1.54) is 25.9 Å². The summed E-state index contributed by atoms with van der Waals surface area (Å²) in [7, 11) is 0. The number of ether oxygens (including phenoxy) is 1. The number of aliphatic hydroxyl groups excluding tert-OH is 1. The van der Waals surface area contributed by atoms with Gasteiger partial charge in [0.2, 0.25) is 0 Å². The van der Waals surface area contributed by atoms with Gasteiger partial charge in [-0.25, -0.2) is 0 Å². The third-order valence-electron chi connectivity index (χ3n) is 5.35. The van der Waals surface area contributed by atoms with Gasteiger partial charge in [-0.15, -0.1) is 0 Å². The van der Waals surface area contributed by atoms with Gasteiger partial charge in [0.05, 0.1) is 13.2 Å². The van der Waals surface area contributed by atoms with Gasteiger partial charge in [-0.1, -0.05) is 13.8 Å². The first-order chi connectivity index (χ1) is 12.1. The minimum Gasteiger partial charge on any atom is -0.396 e. The van der Waals surface area contributed by atoms with Crippen LogP contribution in [0.2, 0.25) is 0 Å². The first-order valence-corrected chi connectivity index (χ1v) is 10.0. The predicted molar refractivity (Wildman–Crippen MR) is 103 cm³/mol. The van der Waals surface area contributed by atoms with E-state index in [2.05, 4.69) is 36.3 Å². The summed E-state index contributed by atoms with van der Waals surface area (Å²) in [6.45, 7) is 13.3. The van der Waals surface area contributed by atoms with Gasteiger partial charge in [0.15, 0.2) is 5.96 Å². The highest BCUT2D eigenvalue weighted by Crippen LogP contribution is 2.32. The van der Waals surface area contributed by atoms with Crippen molar-refractivity contribution < 1.29 is 9.84 Å². The summed E-state index contributed by atoms with van der Waals surface area (Å²) >= 11 is 0. The van der Waals surface area contributed by atoms with Crippen LogP contribution >= 0.6 is 0 Å². The molecule has 6 nitrogen and oxygen atoms in total. The van der Waals surface area contributed by atoms with Crippen LogP contribution in [0.4, 0.5) is 0 Å². The molecule has 0 amide bonds. The number of rotatable bonds is 9. The van der Waals surface area contributed by atoms with Crippen molar-refractivity contribution in [1.82, 2.24) is 15.5 Å². The lowest BCUT2D eigenvalue weighted by molar-refractivity contribution is 0.131. The monoisotopic (exact) mass is 354 g/mol. The van der Waals surface area contributed by atoms with Crippen LogP contribution in [0.5, 0.6) is 0 Å². The second kappa shape index (κ2) is 10.3. The van der Waals surface area contributed by atoms with E-state index in [9.17, 15) is 5.11 Å². The SMILES string of the molecule is CCNC(=NCC1(CCO)CCOC1)NC[C@H]1CCCN1CC(C)C. The van der Waals surface area contributed by atoms with Gasteiger partial charge >= 0.3 is 0 Å². The fourth-order valence-corrected chi connectivity index (χ4v) is 3.93. The number of hydrogen-bond acceptors (Lipinski definition) is 4. The second-order valence-corrected chi connectivity index (χ2v) is 8.04. The second-order valence-electron chi connectivity index (χ2n) is 8.04. The number of nitrogens with one attached hydrogen (secondary N) is 2. The van der Waals surface area contributed by atoms with Crippen molar-refractivity contribution in [3.63, 3.8) is 0 Å². The summed E-state index contributed by atoms with van der Waals surface area (Å²) < 4.78 is 5.57. The third kappa shape index (κ3) is 6.42. The molecule has 0 bridgehead atoms. The molecule has 2 saturated heterocycles. The van der Waals surface area contributed by atoms with Gasteiger partial charge in [-0.2, -0.15) is 0 Å². The largest absolute Gasteiger partial charge is 0.396 e. The Labute approximate surface area is 153 Å². The van der Waals surface area contributed by atoms with E-state index in [0.717, 1.165) is 38.5 Å². The maximum absolute atomic E-state index is 9.37. The van der Waals surface area contributed by atoms with Gasteiger partial charge in [0.25, 0.3) is 0 Å². The Morgan fingerprint density at radius 1 is 1.40 bits per heavy atom. The van der Waals surface area contributed by atoms with Crippen LogP contribution in [0.1, 0.15) is 46.5 Å².